The van der Waals surface area contributed by atoms with Crippen molar-refractivity contribution in [2.24, 2.45) is 5.92 Å². The van der Waals surface area contributed by atoms with Gasteiger partial charge in [0.1, 0.15) is 0 Å². The standard InChI is InChI=1S/C13H28N2O/c1-4-6-7-15-9-12(11(3)16)8-13(10-15)14-5-2/h11-14,16H,4-10H2,1-3H3. The van der Waals surface area contributed by atoms with Gasteiger partial charge in [0.05, 0.1) is 6.10 Å². The molecule has 2 N–H and O–H groups in total. The van der Waals surface area contributed by atoms with Gasteiger partial charge in [-0.05, 0) is 38.8 Å². The molecule has 1 aliphatic rings. The second kappa shape index (κ2) is 7.25. The van der Waals surface area contributed by atoms with Crippen LogP contribution < -0.4 is 5.32 Å². The smallest absolute Gasteiger partial charge is 0.0553 e. The van der Waals surface area contributed by atoms with Crippen molar-refractivity contribution in [1.29, 1.82) is 0 Å². The summed E-state index contributed by atoms with van der Waals surface area (Å²) in [4.78, 5) is 2.51. The number of rotatable bonds is 6. The highest BCUT2D eigenvalue weighted by Crippen LogP contribution is 2.20. The van der Waals surface area contributed by atoms with E-state index in [4.69, 9.17) is 0 Å². The molecule has 0 bridgehead atoms. The van der Waals surface area contributed by atoms with Gasteiger partial charge in [0.15, 0.2) is 0 Å². The quantitative estimate of drug-likeness (QED) is 0.722. The van der Waals surface area contributed by atoms with Crippen molar-refractivity contribution in [1.82, 2.24) is 10.2 Å². The Morgan fingerprint density at radius 3 is 2.69 bits per heavy atom. The number of piperidine rings is 1. The minimum Gasteiger partial charge on any atom is -0.393 e. The lowest BCUT2D eigenvalue weighted by atomic mass is 9.90. The highest BCUT2D eigenvalue weighted by Gasteiger charge is 2.28. The monoisotopic (exact) mass is 228 g/mol. The zero-order valence-electron chi connectivity index (χ0n) is 11.1. The minimum atomic E-state index is -0.175. The second-order valence-corrected chi connectivity index (χ2v) is 5.10. The van der Waals surface area contributed by atoms with E-state index in [0.29, 0.717) is 12.0 Å². The average molecular weight is 228 g/mol. The Hall–Kier alpha value is -0.120. The summed E-state index contributed by atoms with van der Waals surface area (Å²) < 4.78 is 0. The van der Waals surface area contributed by atoms with E-state index < -0.39 is 0 Å². The maximum absolute atomic E-state index is 9.75. The number of aliphatic hydroxyl groups excluding tert-OH is 1. The Morgan fingerprint density at radius 1 is 1.38 bits per heavy atom. The van der Waals surface area contributed by atoms with Gasteiger partial charge in [-0.3, -0.25) is 0 Å². The van der Waals surface area contributed by atoms with Crippen LogP contribution in [0.4, 0.5) is 0 Å². The molecule has 1 aliphatic heterocycles. The zero-order valence-corrected chi connectivity index (χ0v) is 11.1. The van der Waals surface area contributed by atoms with Crippen molar-refractivity contribution in [2.45, 2.75) is 52.2 Å². The molecule has 3 atom stereocenters. The molecule has 3 nitrogen and oxygen atoms in total. The van der Waals surface area contributed by atoms with Crippen LogP contribution in [0.15, 0.2) is 0 Å². The summed E-state index contributed by atoms with van der Waals surface area (Å²) >= 11 is 0. The minimum absolute atomic E-state index is 0.175. The van der Waals surface area contributed by atoms with E-state index >= 15 is 0 Å². The summed E-state index contributed by atoms with van der Waals surface area (Å²) in [5.41, 5.74) is 0. The van der Waals surface area contributed by atoms with Gasteiger partial charge in [-0.1, -0.05) is 20.3 Å². The summed E-state index contributed by atoms with van der Waals surface area (Å²) in [6.45, 7) is 10.7. The maximum Gasteiger partial charge on any atom is 0.0553 e. The van der Waals surface area contributed by atoms with Crippen molar-refractivity contribution in [3.05, 3.63) is 0 Å². The van der Waals surface area contributed by atoms with E-state index in [9.17, 15) is 5.11 Å². The topological polar surface area (TPSA) is 35.5 Å². The number of likely N-dealkylation sites (tertiary alicyclic amines) is 1. The van der Waals surface area contributed by atoms with E-state index in [1.807, 2.05) is 6.92 Å². The SMILES string of the molecule is CCCCN1CC(NCC)CC(C(C)O)C1. The molecule has 0 amide bonds. The number of hydrogen-bond acceptors (Lipinski definition) is 3. The lowest BCUT2D eigenvalue weighted by molar-refractivity contribution is 0.0479. The maximum atomic E-state index is 9.75. The molecule has 16 heavy (non-hydrogen) atoms. The van der Waals surface area contributed by atoms with E-state index in [1.54, 1.807) is 0 Å². The van der Waals surface area contributed by atoms with Crippen molar-refractivity contribution >= 4 is 0 Å². The van der Waals surface area contributed by atoms with Crippen LogP contribution in [0.5, 0.6) is 0 Å². The van der Waals surface area contributed by atoms with Crippen LogP contribution in [-0.2, 0) is 0 Å². The van der Waals surface area contributed by atoms with Crippen LogP contribution in [0.2, 0.25) is 0 Å². The van der Waals surface area contributed by atoms with Crippen molar-refractivity contribution in [3.8, 4) is 0 Å². The van der Waals surface area contributed by atoms with Crippen LogP contribution >= 0.6 is 0 Å². The molecule has 1 fully saturated rings. The van der Waals surface area contributed by atoms with E-state index in [-0.39, 0.29) is 6.10 Å². The predicted octanol–water partition coefficient (Wildman–Crippen LogP) is 1.47. The molecule has 0 aromatic heterocycles. The zero-order chi connectivity index (χ0) is 12.0. The Balaban J connectivity index is 2.45. The van der Waals surface area contributed by atoms with Crippen LogP contribution in [0.3, 0.4) is 0 Å². The summed E-state index contributed by atoms with van der Waals surface area (Å²) in [6, 6.07) is 0.565. The van der Waals surface area contributed by atoms with Gasteiger partial charge in [-0.25, -0.2) is 0 Å². The molecule has 0 spiro atoms. The first-order chi connectivity index (χ1) is 7.67. The van der Waals surface area contributed by atoms with Crippen LogP contribution in [0, 0.1) is 5.92 Å². The third-order valence-corrected chi connectivity index (χ3v) is 3.56. The van der Waals surface area contributed by atoms with E-state index in [0.717, 1.165) is 26.1 Å². The highest BCUT2D eigenvalue weighted by molar-refractivity contribution is 4.85. The first kappa shape index (κ1) is 13.9. The van der Waals surface area contributed by atoms with Gasteiger partial charge in [0.25, 0.3) is 0 Å². The third-order valence-electron chi connectivity index (χ3n) is 3.56. The number of hydrogen-bond donors (Lipinski definition) is 2. The Morgan fingerprint density at radius 2 is 2.12 bits per heavy atom. The lowest BCUT2D eigenvalue weighted by Crippen LogP contribution is -2.51. The fourth-order valence-electron chi connectivity index (χ4n) is 2.58. The molecule has 1 rings (SSSR count). The molecule has 0 saturated carbocycles. The third kappa shape index (κ3) is 4.40. The molecule has 1 heterocycles. The molecule has 0 aromatic rings. The normalized spacial score (nSPS) is 29.2. The van der Waals surface area contributed by atoms with Crippen LogP contribution in [0.25, 0.3) is 0 Å². The van der Waals surface area contributed by atoms with Gasteiger partial charge < -0.3 is 15.3 Å². The first-order valence-corrected chi connectivity index (χ1v) is 6.81. The van der Waals surface area contributed by atoms with Gasteiger partial charge >= 0.3 is 0 Å². The molecular weight excluding hydrogens is 200 g/mol. The summed E-state index contributed by atoms with van der Waals surface area (Å²) in [5.74, 6) is 0.439. The Labute approximate surface area is 100 Å². The summed E-state index contributed by atoms with van der Waals surface area (Å²) in [6.07, 6.45) is 3.46. The Kier molecular flexibility index (Phi) is 6.32. The number of unbranched alkanes of at least 4 members (excludes halogenated alkanes) is 1. The number of nitrogens with one attached hydrogen (secondary N) is 1. The Bertz CT molecular complexity index is 185. The van der Waals surface area contributed by atoms with E-state index in [1.165, 1.54) is 19.4 Å². The molecule has 0 aromatic carbocycles. The van der Waals surface area contributed by atoms with Crippen molar-refractivity contribution in [2.75, 3.05) is 26.2 Å². The largest absolute Gasteiger partial charge is 0.393 e. The summed E-state index contributed by atoms with van der Waals surface area (Å²) in [5, 5.41) is 13.3. The van der Waals surface area contributed by atoms with Crippen molar-refractivity contribution in [3.63, 3.8) is 0 Å². The molecule has 1 saturated heterocycles. The van der Waals surface area contributed by atoms with Gasteiger partial charge in [0.2, 0.25) is 0 Å². The second-order valence-electron chi connectivity index (χ2n) is 5.10. The average Bonchev–Trinajstić information content (AvgIpc) is 2.26. The fourth-order valence-corrected chi connectivity index (χ4v) is 2.58. The van der Waals surface area contributed by atoms with Crippen LogP contribution in [-0.4, -0.2) is 48.3 Å². The molecule has 96 valence electrons. The molecule has 0 aliphatic carbocycles. The molecule has 0 radical (unpaired) electrons. The summed E-state index contributed by atoms with van der Waals surface area (Å²) in [7, 11) is 0. The number of likely N-dealkylation sites (N-methyl/N-ethyl adjacent to an activating group) is 1. The lowest BCUT2D eigenvalue weighted by Gasteiger charge is -2.39. The van der Waals surface area contributed by atoms with Gasteiger partial charge in [0, 0.05) is 19.1 Å². The van der Waals surface area contributed by atoms with Gasteiger partial charge in [-0.15, -0.1) is 0 Å². The number of aliphatic hydroxyl groups is 1. The molecule has 3 unspecified atom stereocenters. The fraction of sp³-hybridized carbons (Fsp3) is 1.00. The molecular formula is C13H28N2O. The van der Waals surface area contributed by atoms with Crippen LogP contribution in [0.1, 0.15) is 40.0 Å². The van der Waals surface area contributed by atoms with Gasteiger partial charge in [-0.2, -0.15) is 0 Å². The highest BCUT2D eigenvalue weighted by atomic mass is 16.3. The first-order valence-electron chi connectivity index (χ1n) is 6.81. The number of nitrogens with zero attached hydrogens (tertiary/aromatic N) is 1. The predicted molar refractivity (Wildman–Crippen MR) is 68.6 cm³/mol. The molecule has 3 heteroatoms. The van der Waals surface area contributed by atoms with E-state index in [2.05, 4.69) is 24.1 Å². The van der Waals surface area contributed by atoms with Crippen molar-refractivity contribution < 1.29 is 5.11 Å².